The molecule has 0 spiro atoms. The van der Waals surface area contributed by atoms with Crippen molar-refractivity contribution in [2.75, 3.05) is 0 Å². The Bertz CT molecular complexity index is 1050. The minimum atomic E-state index is -1.10. The summed E-state index contributed by atoms with van der Waals surface area (Å²) in [6, 6.07) is 5.70. The average molecular weight is 351 g/mol. The van der Waals surface area contributed by atoms with Crippen LogP contribution in [0.3, 0.4) is 0 Å². The zero-order valence-corrected chi connectivity index (χ0v) is 12.3. The van der Waals surface area contributed by atoms with Crippen LogP contribution in [0.2, 0.25) is 0 Å². The molecule has 0 atom stereocenters. The predicted octanol–water partition coefficient (Wildman–Crippen LogP) is 4.80. The lowest BCUT2D eigenvalue weighted by Gasteiger charge is -1.92. The van der Waals surface area contributed by atoms with Crippen molar-refractivity contribution in [3.8, 4) is 0 Å². The van der Waals surface area contributed by atoms with Crippen molar-refractivity contribution < 1.29 is 22.5 Å². The molecule has 0 unspecified atom stereocenters. The molecule has 2 heterocycles. The summed E-state index contributed by atoms with van der Waals surface area (Å²) in [5, 5.41) is 11.2. The van der Waals surface area contributed by atoms with E-state index in [1.807, 2.05) is 0 Å². The van der Waals surface area contributed by atoms with Gasteiger partial charge in [0.25, 0.3) is 5.69 Å². The first-order chi connectivity index (χ1) is 11.9. The highest BCUT2D eigenvalue weighted by Crippen LogP contribution is 2.26. The number of hydrogen-bond donors (Lipinski definition) is 2. The largest absolute Gasteiger partial charge is 0.361 e. The molecule has 2 aromatic carbocycles. The lowest BCUT2D eigenvalue weighted by atomic mass is 10.2. The Hall–Kier alpha value is -3.36. The van der Waals surface area contributed by atoms with E-state index in [0.29, 0.717) is 10.9 Å². The standard InChI is InChI=1S/C8H4F2N2O2.C8H5F2N/c9-5-1-4-7(2-6(5)10)11-3-8(4)12(13)14;9-6-3-5-1-2-11-8(5)4-7(6)10/h1-3,11H;1-4,11H. The molecule has 0 aliphatic heterocycles. The fraction of sp³-hybridized carbons (Fsp3) is 0. The van der Waals surface area contributed by atoms with Crippen molar-refractivity contribution in [2.45, 2.75) is 0 Å². The van der Waals surface area contributed by atoms with Gasteiger partial charge in [-0.05, 0) is 18.2 Å². The molecule has 0 radical (unpaired) electrons. The van der Waals surface area contributed by atoms with Gasteiger partial charge in [-0.25, -0.2) is 17.6 Å². The highest BCUT2D eigenvalue weighted by molar-refractivity contribution is 5.88. The quantitative estimate of drug-likeness (QED) is 0.294. The first kappa shape index (κ1) is 16.5. The van der Waals surface area contributed by atoms with E-state index >= 15 is 0 Å². The zero-order valence-electron chi connectivity index (χ0n) is 12.3. The molecule has 0 aliphatic carbocycles. The molecule has 0 bridgehead atoms. The molecule has 4 rings (SSSR count). The number of H-pyrrole nitrogens is 2. The van der Waals surface area contributed by atoms with Gasteiger partial charge in [0.15, 0.2) is 23.3 Å². The second-order valence-corrected chi connectivity index (χ2v) is 5.07. The molecule has 0 saturated carbocycles. The molecule has 0 aliphatic rings. The molecule has 0 amide bonds. The number of nitrogens with zero attached hydrogens (tertiary/aromatic N) is 1. The predicted molar refractivity (Wildman–Crippen MR) is 83.1 cm³/mol. The van der Waals surface area contributed by atoms with Gasteiger partial charge >= 0.3 is 0 Å². The number of benzene rings is 2. The summed E-state index contributed by atoms with van der Waals surface area (Å²) in [6.07, 6.45) is 2.74. The molecule has 4 aromatic rings. The topological polar surface area (TPSA) is 74.7 Å². The van der Waals surface area contributed by atoms with Crippen LogP contribution in [0.25, 0.3) is 21.8 Å². The third-order valence-electron chi connectivity index (χ3n) is 3.49. The Morgan fingerprint density at radius 1 is 0.840 bits per heavy atom. The maximum Gasteiger partial charge on any atom is 0.294 e. The average Bonchev–Trinajstić information content (AvgIpc) is 3.15. The monoisotopic (exact) mass is 351 g/mol. The molecule has 2 N–H and O–H groups in total. The van der Waals surface area contributed by atoms with Gasteiger partial charge in [0.2, 0.25) is 0 Å². The summed E-state index contributed by atoms with van der Waals surface area (Å²) in [5.41, 5.74) is 0.554. The number of aromatic nitrogens is 2. The van der Waals surface area contributed by atoms with Crippen molar-refractivity contribution >= 4 is 27.5 Å². The fourth-order valence-corrected chi connectivity index (χ4v) is 2.30. The second kappa shape index (κ2) is 6.27. The van der Waals surface area contributed by atoms with Gasteiger partial charge in [-0.1, -0.05) is 0 Å². The summed E-state index contributed by atoms with van der Waals surface area (Å²) in [4.78, 5) is 15.1. The third kappa shape index (κ3) is 3.16. The van der Waals surface area contributed by atoms with Crippen molar-refractivity contribution in [1.29, 1.82) is 0 Å². The van der Waals surface area contributed by atoms with E-state index in [1.165, 1.54) is 6.07 Å². The lowest BCUT2D eigenvalue weighted by Crippen LogP contribution is -1.87. The Kier molecular flexibility index (Phi) is 4.14. The van der Waals surface area contributed by atoms with Crippen LogP contribution in [0.5, 0.6) is 0 Å². The highest BCUT2D eigenvalue weighted by atomic mass is 19.2. The van der Waals surface area contributed by atoms with Crippen LogP contribution >= 0.6 is 0 Å². The van der Waals surface area contributed by atoms with E-state index in [9.17, 15) is 27.7 Å². The first-order valence-corrected chi connectivity index (χ1v) is 6.89. The first-order valence-electron chi connectivity index (χ1n) is 6.89. The lowest BCUT2D eigenvalue weighted by molar-refractivity contribution is -0.383. The minimum absolute atomic E-state index is 0.0638. The maximum absolute atomic E-state index is 12.8. The summed E-state index contributed by atoms with van der Waals surface area (Å²) >= 11 is 0. The number of nitrogens with one attached hydrogen (secondary N) is 2. The number of halogens is 4. The van der Waals surface area contributed by atoms with Crippen LogP contribution in [0.15, 0.2) is 42.7 Å². The van der Waals surface area contributed by atoms with Gasteiger partial charge in [-0.2, -0.15) is 0 Å². The summed E-state index contributed by atoms with van der Waals surface area (Å²) in [5.74, 6) is -3.76. The van der Waals surface area contributed by atoms with E-state index in [-0.39, 0.29) is 16.6 Å². The summed E-state index contributed by atoms with van der Waals surface area (Å²) < 4.78 is 50.5. The Labute approximate surface area is 137 Å². The van der Waals surface area contributed by atoms with Gasteiger partial charge in [-0.3, -0.25) is 10.1 Å². The summed E-state index contributed by atoms with van der Waals surface area (Å²) in [6.45, 7) is 0. The van der Waals surface area contributed by atoms with E-state index in [2.05, 4.69) is 9.97 Å². The highest BCUT2D eigenvalue weighted by Gasteiger charge is 2.16. The Morgan fingerprint density at radius 2 is 1.44 bits per heavy atom. The van der Waals surface area contributed by atoms with Crippen LogP contribution in [-0.2, 0) is 0 Å². The van der Waals surface area contributed by atoms with Crippen molar-refractivity contribution in [1.82, 2.24) is 9.97 Å². The maximum atomic E-state index is 12.8. The van der Waals surface area contributed by atoms with Gasteiger partial charge < -0.3 is 9.97 Å². The molecule has 0 saturated heterocycles. The molecule has 0 fully saturated rings. The molecular formula is C16H9F4N3O2. The molecular weight excluding hydrogens is 342 g/mol. The Morgan fingerprint density at radius 3 is 2.12 bits per heavy atom. The van der Waals surface area contributed by atoms with Gasteiger partial charge in [0, 0.05) is 29.2 Å². The van der Waals surface area contributed by atoms with Crippen molar-refractivity contribution in [3.05, 3.63) is 76.1 Å². The Balaban J connectivity index is 0.000000150. The van der Waals surface area contributed by atoms with Crippen LogP contribution in [0, 0.1) is 33.4 Å². The number of fused-ring (bicyclic) bond motifs is 2. The van der Waals surface area contributed by atoms with E-state index < -0.39 is 28.2 Å². The van der Waals surface area contributed by atoms with E-state index in [0.717, 1.165) is 24.4 Å². The van der Waals surface area contributed by atoms with Gasteiger partial charge in [-0.15, -0.1) is 0 Å². The zero-order chi connectivity index (χ0) is 18.1. The van der Waals surface area contributed by atoms with Crippen LogP contribution in [0.1, 0.15) is 0 Å². The van der Waals surface area contributed by atoms with Crippen LogP contribution < -0.4 is 0 Å². The number of rotatable bonds is 1. The SMILES string of the molecule is Fc1cc2cc[nH]c2cc1F.O=[N+]([O-])c1c[nH]c2cc(F)c(F)cc12. The minimum Gasteiger partial charge on any atom is -0.361 e. The molecule has 9 heteroatoms. The van der Waals surface area contributed by atoms with Crippen molar-refractivity contribution in [3.63, 3.8) is 0 Å². The van der Waals surface area contributed by atoms with Crippen LogP contribution in [-0.4, -0.2) is 14.9 Å². The molecule has 128 valence electrons. The smallest absolute Gasteiger partial charge is 0.294 e. The molecule has 2 aromatic heterocycles. The molecule has 5 nitrogen and oxygen atoms in total. The van der Waals surface area contributed by atoms with Gasteiger partial charge in [0.05, 0.1) is 22.0 Å². The summed E-state index contributed by atoms with van der Waals surface area (Å²) in [7, 11) is 0. The van der Waals surface area contributed by atoms with Crippen molar-refractivity contribution in [2.24, 2.45) is 0 Å². The van der Waals surface area contributed by atoms with E-state index in [4.69, 9.17) is 0 Å². The fourth-order valence-electron chi connectivity index (χ4n) is 2.30. The number of aromatic amines is 2. The third-order valence-corrected chi connectivity index (χ3v) is 3.49. The van der Waals surface area contributed by atoms with E-state index in [1.54, 1.807) is 12.3 Å². The molecule has 25 heavy (non-hydrogen) atoms. The second-order valence-electron chi connectivity index (χ2n) is 5.07. The van der Waals surface area contributed by atoms with Gasteiger partial charge in [0.1, 0.15) is 0 Å². The normalized spacial score (nSPS) is 10.7. The number of hydrogen-bond acceptors (Lipinski definition) is 2. The number of nitro groups is 1. The van der Waals surface area contributed by atoms with Crippen LogP contribution in [0.4, 0.5) is 23.2 Å².